The van der Waals surface area contributed by atoms with Crippen LogP contribution < -0.4 is 5.32 Å². The number of anilines is 1. The van der Waals surface area contributed by atoms with E-state index in [1.54, 1.807) is 6.92 Å². The molecule has 7 heteroatoms. The molecule has 20 heavy (non-hydrogen) atoms. The minimum absolute atomic E-state index is 0.132. The lowest BCUT2D eigenvalue weighted by Crippen LogP contribution is -2.56. The van der Waals surface area contributed by atoms with Crippen molar-refractivity contribution in [1.82, 2.24) is 9.46 Å². The zero-order valence-electron chi connectivity index (χ0n) is 11.0. The van der Waals surface area contributed by atoms with E-state index >= 15 is 0 Å². The third-order valence-electron chi connectivity index (χ3n) is 3.32. The summed E-state index contributed by atoms with van der Waals surface area (Å²) in [6, 6.07) is 9.87. The van der Waals surface area contributed by atoms with Crippen molar-refractivity contribution >= 4 is 15.7 Å². The predicted octanol–water partition coefficient (Wildman–Crippen LogP) is 1.47. The fourth-order valence-electron chi connectivity index (χ4n) is 2.17. The first kappa shape index (κ1) is 13.1. The summed E-state index contributed by atoms with van der Waals surface area (Å²) >= 11 is 0. The van der Waals surface area contributed by atoms with Gasteiger partial charge in [-0.15, -0.1) is 0 Å². The van der Waals surface area contributed by atoms with Crippen LogP contribution in [0.25, 0.3) is 0 Å². The number of nitrogens with one attached hydrogen (secondary N) is 1. The van der Waals surface area contributed by atoms with Crippen molar-refractivity contribution in [3.8, 4) is 0 Å². The number of para-hydroxylation sites is 1. The fraction of sp³-hybridized carbons (Fsp3) is 0.308. The normalized spacial score (nSPS) is 16.9. The summed E-state index contributed by atoms with van der Waals surface area (Å²) in [5.41, 5.74) is 1.39. The topological polar surface area (TPSA) is 75.4 Å². The minimum atomic E-state index is -3.48. The summed E-state index contributed by atoms with van der Waals surface area (Å²) in [6.45, 7) is 2.51. The van der Waals surface area contributed by atoms with Crippen molar-refractivity contribution in [3.05, 3.63) is 42.3 Å². The van der Waals surface area contributed by atoms with Crippen LogP contribution in [-0.4, -0.2) is 37.0 Å². The van der Waals surface area contributed by atoms with E-state index in [4.69, 9.17) is 4.52 Å². The van der Waals surface area contributed by atoms with Crippen LogP contribution in [0, 0.1) is 6.92 Å². The summed E-state index contributed by atoms with van der Waals surface area (Å²) < 4.78 is 30.7. The number of hydrogen-bond acceptors (Lipinski definition) is 5. The van der Waals surface area contributed by atoms with Gasteiger partial charge in [0, 0.05) is 18.8 Å². The Hall–Kier alpha value is -1.86. The number of benzene rings is 1. The van der Waals surface area contributed by atoms with Crippen LogP contribution in [-0.2, 0) is 10.0 Å². The third-order valence-corrected chi connectivity index (χ3v) is 5.24. The Bertz CT molecular complexity index is 691. The molecule has 0 aliphatic carbocycles. The molecule has 1 aliphatic rings. The highest BCUT2D eigenvalue weighted by Gasteiger charge is 2.38. The molecular formula is C13H15N3O3S. The molecule has 0 spiro atoms. The second-order valence-electron chi connectivity index (χ2n) is 4.79. The molecule has 3 rings (SSSR count). The summed E-state index contributed by atoms with van der Waals surface area (Å²) in [6.07, 6.45) is 1.18. The lowest BCUT2D eigenvalue weighted by Gasteiger charge is -2.38. The molecule has 0 bridgehead atoms. The monoisotopic (exact) mass is 293 g/mol. The maximum atomic E-state index is 12.3. The van der Waals surface area contributed by atoms with Crippen LogP contribution in [0.4, 0.5) is 5.69 Å². The maximum absolute atomic E-state index is 12.3. The van der Waals surface area contributed by atoms with E-state index in [0.29, 0.717) is 18.8 Å². The largest absolute Gasteiger partial charge is 0.380 e. The second-order valence-corrected chi connectivity index (χ2v) is 6.70. The average Bonchev–Trinajstić information content (AvgIpc) is 2.81. The van der Waals surface area contributed by atoms with Gasteiger partial charge in [0.2, 0.25) is 10.0 Å². The van der Waals surface area contributed by atoms with Gasteiger partial charge in [0.15, 0.2) is 0 Å². The highest BCUT2D eigenvalue weighted by Crippen LogP contribution is 2.25. The molecular weight excluding hydrogens is 278 g/mol. The molecule has 1 aliphatic heterocycles. The van der Waals surface area contributed by atoms with E-state index in [-0.39, 0.29) is 10.9 Å². The molecule has 2 aromatic rings. The molecule has 1 N–H and O–H groups in total. The van der Waals surface area contributed by atoms with Gasteiger partial charge in [0.05, 0.1) is 6.04 Å². The molecule has 1 aromatic carbocycles. The Morgan fingerprint density at radius 1 is 1.30 bits per heavy atom. The smallest absolute Gasteiger partial charge is 0.248 e. The molecule has 0 unspecified atom stereocenters. The average molecular weight is 293 g/mol. The zero-order valence-corrected chi connectivity index (χ0v) is 11.8. The molecule has 1 saturated heterocycles. The Balaban J connectivity index is 1.65. The summed E-state index contributed by atoms with van der Waals surface area (Å²) in [7, 11) is -3.48. The second kappa shape index (κ2) is 4.92. The van der Waals surface area contributed by atoms with Crippen LogP contribution in [0.5, 0.6) is 0 Å². The number of aryl methyl sites for hydroxylation is 1. The van der Waals surface area contributed by atoms with Gasteiger partial charge in [-0.1, -0.05) is 23.4 Å². The van der Waals surface area contributed by atoms with E-state index < -0.39 is 10.0 Å². The number of hydrogen-bond donors (Lipinski definition) is 1. The SMILES string of the molecule is Cc1nocc1S(=O)(=O)N1CC(Nc2ccccc2)C1. The van der Waals surface area contributed by atoms with Gasteiger partial charge in [-0.3, -0.25) is 0 Å². The lowest BCUT2D eigenvalue weighted by molar-refractivity contribution is 0.280. The van der Waals surface area contributed by atoms with Crippen LogP contribution >= 0.6 is 0 Å². The van der Waals surface area contributed by atoms with E-state index in [0.717, 1.165) is 5.69 Å². The highest BCUT2D eigenvalue weighted by atomic mass is 32.2. The zero-order chi connectivity index (χ0) is 14.2. The Morgan fingerprint density at radius 2 is 2.00 bits per heavy atom. The Kier molecular flexibility index (Phi) is 3.23. The van der Waals surface area contributed by atoms with Gasteiger partial charge in [0.25, 0.3) is 0 Å². The molecule has 1 aromatic heterocycles. The molecule has 0 radical (unpaired) electrons. The van der Waals surface area contributed by atoms with Crippen molar-refractivity contribution in [2.75, 3.05) is 18.4 Å². The molecule has 2 heterocycles. The predicted molar refractivity (Wildman–Crippen MR) is 73.9 cm³/mol. The molecule has 1 fully saturated rings. The van der Waals surface area contributed by atoms with Crippen molar-refractivity contribution in [2.45, 2.75) is 17.9 Å². The van der Waals surface area contributed by atoms with E-state index in [9.17, 15) is 8.42 Å². The molecule has 0 atom stereocenters. The van der Waals surface area contributed by atoms with E-state index in [2.05, 4.69) is 10.5 Å². The van der Waals surface area contributed by atoms with Gasteiger partial charge >= 0.3 is 0 Å². The first-order chi connectivity index (χ1) is 9.57. The summed E-state index contributed by atoms with van der Waals surface area (Å²) in [5.74, 6) is 0. The van der Waals surface area contributed by atoms with E-state index in [1.807, 2.05) is 30.3 Å². The first-order valence-corrected chi connectivity index (χ1v) is 7.74. The third kappa shape index (κ3) is 2.30. The van der Waals surface area contributed by atoms with Gasteiger partial charge in [0.1, 0.15) is 16.9 Å². The molecule has 106 valence electrons. The van der Waals surface area contributed by atoms with Gasteiger partial charge < -0.3 is 9.84 Å². The van der Waals surface area contributed by atoms with Crippen molar-refractivity contribution in [2.24, 2.45) is 0 Å². The van der Waals surface area contributed by atoms with Gasteiger partial charge in [-0.25, -0.2) is 8.42 Å². The van der Waals surface area contributed by atoms with Crippen molar-refractivity contribution in [3.63, 3.8) is 0 Å². The number of rotatable bonds is 4. The minimum Gasteiger partial charge on any atom is -0.380 e. The Labute approximate surface area is 117 Å². The van der Waals surface area contributed by atoms with Gasteiger partial charge in [-0.05, 0) is 19.1 Å². The molecule has 0 saturated carbocycles. The van der Waals surface area contributed by atoms with Crippen LogP contribution in [0.3, 0.4) is 0 Å². The van der Waals surface area contributed by atoms with Crippen molar-refractivity contribution in [1.29, 1.82) is 0 Å². The lowest BCUT2D eigenvalue weighted by atomic mass is 10.1. The summed E-state index contributed by atoms with van der Waals surface area (Å²) in [5, 5.41) is 6.91. The van der Waals surface area contributed by atoms with Crippen molar-refractivity contribution < 1.29 is 12.9 Å². The fourth-order valence-corrected chi connectivity index (χ4v) is 3.77. The standard InChI is InChI=1S/C13H15N3O3S/c1-10-13(9-19-15-10)20(17,18)16-7-12(8-16)14-11-5-3-2-4-6-11/h2-6,9,12,14H,7-8H2,1H3. The van der Waals surface area contributed by atoms with E-state index in [1.165, 1.54) is 10.6 Å². The summed E-state index contributed by atoms with van der Waals surface area (Å²) in [4.78, 5) is 0.149. The number of nitrogens with zero attached hydrogens (tertiary/aromatic N) is 2. The van der Waals surface area contributed by atoms with Gasteiger partial charge in [-0.2, -0.15) is 4.31 Å². The number of sulfonamides is 1. The Morgan fingerprint density at radius 3 is 2.60 bits per heavy atom. The first-order valence-electron chi connectivity index (χ1n) is 6.30. The van der Waals surface area contributed by atoms with Crippen LogP contribution in [0.1, 0.15) is 5.69 Å². The molecule has 0 amide bonds. The van der Waals surface area contributed by atoms with Crippen LogP contribution in [0.15, 0.2) is 46.0 Å². The maximum Gasteiger partial charge on any atom is 0.248 e. The van der Waals surface area contributed by atoms with Crippen LogP contribution in [0.2, 0.25) is 0 Å². The highest BCUT2D eigenvalue weighted by molar-refractivity contribution is 7.89. The molecule has 6 nitrogen and oxygen atoms in total. The quantitative estimate of drug-likeness (QED) is 0.924. The number of aromatic nitrogens is 1.